The maximum atomic E-state index is 4.63. The molecule has 80 valence electrons. The molecule has 1 atom stereocenters. The highest BCUT2D eigenvalue weighted by Crippen LogP contribution is 2.18. The van der Waals surface area contributed by atoms with Crippen LogP contribution in [0, 0.1) is 6.92 Å². The number of rotatable bonds is 3. The first kappa shape index (κ1) is 10.6. The van der Waals surface area contributed by atoms with Crippen LogP contribution in [-0.2, 0) is 6.42 Å². The number of aryl methyl sites for hydroxylation is 1. The summed E-state index contributed by atoms with van der Waals surface area (Å²) in [5.74, 6) is 1.10. The molecular weight excluding hydrogens is 204 g/mol. The number of H-pyrrole nitrogens is 1. The fourth-order valence-electron chi connectivity index (χ4n) is 1.68. The maximum Gasteiger partial charge on any atom is 0.108 e. The monoisotopic (exact) mass is 220 g/mol. The van der Waals surface area contributed by atoms with Gasteiger partial charge in [0.25, 0.3) is 0 Å². The van der Waals surface area contributed by atoms with Crippen molar-refractivity contribution in [2.24, 2.45) is 0 Å². The van der Waals surface area contributed by atoms with Gasteiger partial charge < -0.3 is 4.98 Å². The third-order valence-corrected chi connectivity index (χ3v) is 3.62. The topological polar surface area (TPSA) is 28.7 Å². The van der Waals surface area contributed by atoms with Gasteiger partial charge in [-0.2, -0.15) is 11.8 Å². The molecule has 1 N–H and O–H groups in total. The lowest BCUT2D eigenvalue weighted by atomic mass is 10.2. The molecule has 1 heterocycles. The molecule has 0 radical (unpaired) electrons. The zero-order valence-electron chi connectivity index (χ0n) is 9.37. The van der Waals surface area contributed by atoms with Gasteiger partial charge in [-0.05, 0) is 24.8 Å². The Labute approximate surface area is 94.5 Å². The smallest absolute Gasteiger partial charge is 0.108 e. The van der Waals surface area contributed by atoms with Crippen molar-refractivity contribution in [1.82, 2.24) is 9.97 Å². The van der Waals surface area contributed by atoms with Gasteiger partial charge >= 0.3 is 0 Å². The molecule has 2 nitrogen and oxygen atoms in total. The lowest BCUT2D eigenvalue weighted by Gasteiger charge is -2.03. The SMILES string of the molecule is CS[C@H](C)Cc1nc2c(C)cccc2[nH]1. The fourth-order valence-corrected chi connectivity index (χ4v) is 2.00. The molecule has 1 aromatic heterocycles. The van der Waals surface area contributed by atoms with Crippen molar-refractivity contribution in [3.8, 4) is 0 Å². The molecule has 2 aromatic rings. The molecule has 0 aliphatic carbocycles. The van der Waals surface area contributed by atoms with Crippen molar-refractivity contribution < 1.29 is 0 Å². The first-order chi connectivity index (χ1) is 7.20. The summed E-state index contributed by atoms with van der Waals surface area (Å²) in [6, 6.07) is 6.26. The molecule has 0 unspecified atom stereocenters. The minimum atomic E-state index is 0.617. The van der Waals surface area contributed by atoms with E-state index in [1.165, 1.54) is 5.56 Å². The van der Waals surface area contributed by atoms with E-state index in [1.54, 1.807) is 0 Å². The van der Waals surface area contributed by atoms with Crippen LogP contribution in [0.5, 0.6) is 0 Å². The van der Waals surface area contributed by atoms with Crippen LogP contribution in [0.1, 0.15) is 18.3 Å². The number of hydrogen-bond donors (Lipinski definition) is 1. The summed E-state index contributed by atoms with van der Waals surface area (Å²) in [7, 11) is 0. The standard InChI is InChI=1S/C12H16N2S/c1-8-5-4-6-10-12(8)14-11(13-10)7-9(2)15-3/h4-6,9H,7H2,1-3H3,(H,13,14)/t9-/m1/s1. The number of aromatic amines is 1. The van der Waals surface area contributed by atoms with Gasteiger partial charge in [-0.25, -0.2) is 4.98 Å². The predicted octanol–water partition coefficient (Wildman–Crippen LogP) is 3.17. The van der Waals surface area contributed by atoms with Crippen LogP contribution in [0.25, 0.3) is 11.0 Å². The number of para-hydroxylation sites is 1. The van der Waals surface area contributed by atoms with E-state index in [1.807, 2.05) is 11.8 Å². The lowest BCUT2D eigenvalue weighted by Crippen LogP contribution is -2.01. The van der Waals surface area contributed by atoms with Gasteiger partial charge in [0.05, 0.1) is 11.0 Å². The van der Waals surface area contributed by atoms with E-state index in [2.05, 4.69) is 48.3 Å². The van der Waals surface area contributed by atoms with Gasteiger partial charge in [0, 0.05) is 11.7 Å². The summed E-state index contributed by atoms with van der Waals surface area (Å²) >= 11 is 1.87. The third-order valence-electron chi connectivity index (χ3n) is 2.65. The number of benzene rings is 1. The Bertz CT molecular complexity index is 462. The lowest BCUT2D eigenvalue weighted by molar-refractivity contribution is 0.880. The summed E-state index contributed by atoms with van der Waals surface area (Å²) in [5.41, 5.74) is 3.51. The van der Waals surface area contributed by atoms with Crippen LogP contribution in [0.2, 0.25) is 0 Å². The molecule has 0 fully saturated rings. The van der Waals surface area contributed by atoms with Crippen molar-refractivity contribution in [3.05, 3.63) is 29.6 Å². The minimum Gasteiger partial charge on any atom is -0.342 e. The van der Waals surface area contributed by atoms with Crippen LogP contribution in [-0.4, -0.2) is 21.5 Å². The molecule has 0 aliphatic rings. The Hall–Kier alpha value is -0.960. The average Bonchev–Trinajstić information content (AvgIpc) is 2.62. The van der Waals surface area contributed by atoms with Crippen molar-refractivity contribution in [3.63, 3.8) is 0 Å². The molecule has 0 spiro atoms. The fraction of sp³-hybridized carbons (Fsp3) is 0.417. The Kier molecular flexibility index (Phi) is 3.00. The predicted molar refractivity (Wildman–Crippen MR) is 67.5 cm³/mol. The molecule has 0 amide bonds. The van der Waals surface area contributed by atoms with Crippen molar-refractivity contribution in [2.45, 2.75) is 25.5 Å². The largest absolute Gasteiger partial charge is 0.342 e. The third kappa shape index (κ3) is 2.17. The Morgan fingerprint density at radius 2 is 2.27 bits per heavy atom. The van der Waals surface area contributed by atoms with Crippen LogP contribution in [0.15, 0.2) is 18.2 Å². The van der Waals surface area contributed by atoms with Gasteiger partial charge in [0.2, 0.25) is 0 Å². The quantitative estimate of drug-likeness (QED) is 0.860. The molecular formula is C12H16N2S. The van der Waals surface area contributed by atoms with Crippen LogP contribution in [0.3, 0.4) is 0 Å². The number of fused-ring (bicyclic) bond motifs is 1. The van der Waals surface area contributed by atoms with Gasteiger partial charge in [0.1, 0.15) is 5.82 Å². The summed E-state index contributed by atoms with van der Waals surface area (Å²) in [6.45, 7) is 4.33. The number of aromatic nitrogens is 2. The number of hydrogen-bond acceptors (Lipinski definition) is 2. The normalized spacial score (nSPS) is 13.3. The van der Waals surface area contributed by atoms with E-state index >= 15 is 0 Å². The number of nitrogens with one attached hydrogen (secondary N) is 1. The van der Waals surface area contributed by atoms with Crippen LogP contribution in [0.4, 0.5) is 0 Å². The van der Waals surface area contributed by atoms with E-state index in [0.29, 0.717) is 5.25 Å². The highest BCUT2D eigenvalue weighted by atomic mass is 32.2. The molecule has 0 bridgehead atoms. The summed E-state index contributed by atoms with van der Waals surface area (Å²) < 4.78 is 0. The second kappa shape index (κ2) is 4.27. The molecule has 3 heteroatoms. The van der Waals surface area contributed by atoms with Gasteiger partial charge in [-0.1, -0.05) is 19.1 Å². The Morgan fingerprint density at radius 1 is 1.47 bits per heavy atom. The zero-order valence-corrected chi connectivity index (χ0v) is 10.2. The first-order valence-electron chi connectivity index (χ1n) is 5.17. The molecule has 0 aliphatic heterocycles. The number of thioether (sulfide) groups is 1. The molecule has 0 saturated heterocycles. The second-order valence-electron chi connectivity index (χ2n) is 3.91. The van der Waals surface area contributed by atoms with Gasteiger partial charge in [0.15, 0.2) is 0 Å². The van der Waals surface area contributed by atoms with E-state index in [9.17, 15) is 0 Å². The molecule has 2 rings (SSSR count). The van der Waals surface area contributed by atoms with E-state index in [0.717, 1.165) is 23.3 Å². The van der Waals surface area contributed by atoms with E-state index in [-0.39, 0.29) is 0 Å². The van der Waals surface area contributed by atoms with E-state index in [4.69, 9.17) is 0 Å². The maximum absolute atomic E-state index is 4.63. The molecule has 0 saturated carbocycles. The summed E-state index contributed by atoms with van der Waals surface area (Å²) in [6.07, 6.45) is 3.15. The first-order valence-corrected chi connectivity index (χ1v) is 6.46. The van der Waals surface area contributed by atoms with Crippen LogP contribution >= 0.6 is 11.8 Å². The van der Waals surface area contributed by atoms with Crippen molar-refractivity contribution in [2.75, 3.05) is 6.26 Å². The van der Waals surface area contributed by atoms with Crippen molar-refractivity contribution >= 4 is 22.8 Å². The average molecular weight is 220 g/mol. The Balaban J connectivity index is 2.35. The van der Waals surface area contributed by atoms with Crippen molar-refractivity contribution in [1.29, 1.82) is 0 Å². The minimum absolute atomic E-state index is 0.617. The Morgan fingerprint density at radius 3 is 2.93 bits per heavy atom. The molecule has 1 aromatic carbocycles. The van der Waals surface area contributed by atoms with Gasteiger partial charge in [-0.15, -0.1) is 0 Å². The van der Waals surface area contributed by atoms with Crippen LogP contribution < -0.4 is 0 Å². The number of imidazole rings is 1. The number of nitrogens with zero attached hydrogens (tertiary/aromatic N) is 1. The zero-order chi connectivity index (χ0) is 10.8. The summed E-state index contributed by atoms with van der Waals surface area (Å²) in [4.78, 5) is 8.01. The molecule has 15 heavy (non-hydrogen) atoms. The highest BCUT2D eigenvalue weighted by Gasteiger charge is 2.07. The highest BCUT2D eigenvalue weighted by molar-refractivity contribution is 7.99. The summed E-state index contributed by atoms with van der Waals surface area (Å²) in [5, 5.41) is 0.617. The van der Waals surface area contributed by atoms with E-state index < -0.39 is 0 Å². The van der Waals surface area contributed by atoms with Gasteiger partial charge in [-0.3, -0.25) is 0 Å². The second-order valence-corrected chi connectivity index (χ2v) is 5.18.